The molecule has 2 rings (SSSR count). The van der Waals surface area contributed by atoms with E-state index in [1.54, 1.807) is 18.2 Å². The van der Waals surface area contributed by atoms with Crippen molar-refractivity contribution in [1.82, 2.24) is 4.90 Å². The zero-order valence-electron chi connectivity index (χ0n) is 11.6. The Morgan fingerprint density at radius 2 is 2.25 bits per heavy atom. The predicted octanol–water partition coefficient (Wildman–Crippen LogP) is 2.69. The molecule has 20 heavy (non-hydrogen) atoms. The second kappa shape index (κ2) is 7.20. The van der Waals surface area contributed by atoms with Gasteiger partial charge in [-0.15, -0.1) is 0 Å². The summed E-state index contributed by atoms with van der Waals surface area (Å²) in [7, 11) is 0. The van der Waals surface area contributed by atoms with E-state index in [9.17, 15) is 4.79 Å². The number of amides is 1. The molecule has 110 valence electrons. The second-order valence-corrected chi connectivity index (χ2v) is 6.54. The van der Waals surface area contributed by atoms with Gasteiger partial charge in [-0.05, 0) is 43.8 Å². The van der Waals surface area contributed by atoms with Crippen LogP contribution in [-0.4, -0.2) is 41.4 Å². The minimum absolute atomic E-state index is 0.0245. The highest BCUT2D eigenvalue weighted by Gasteiger charge is 2.22. The van der Waals surface area contributed by atoms with E-state index in [0.717, 1.165) is 25.3 Å². The quantitative estimate of drug-likeness (QED) is 0.842. The summed E-state index contributed by atoms with van der Waals surface area (Å²) in [5.74, 6) is 2.23. The first-order valence-corrected chi connectivity index (χ1v) is 8.29. The van der Waals surface area contributed by atoms with E-state index in [-0.39, 0.29) is 11.9 Å². The molecule has 1 fully saturated rings. The van der Waals surface area contributed by atoms with Gasteiger partial charge < -0.3 is 11.1 Å². The number of nitrogens with two attached hydrogens (primary N) is 1. The molecule has 1 aliphatic rings. The summed E-state index contributed by atoms with van der Waals surface area (Å²) in [6, 6.07) is 4.96. The molecule has 1 aliphatic heterocycles. The lowest BCUT2D eigenvalue weighted by Gasteiger charge is -2.26. The average Bonchev–Trinajstić information content (AvgIpc) is 2.70. The van der Waals surface area contributed by atoms with Gasteiger partial charge in [-0.2, -0.15) is 11.8 Å². The van der Waals surface area contributed by atoms with E-state index in [4.69, 9.17) is 17.3 Å². The SMILES string of the molecule is CC(C(=O)Nc1ccc(N)cc1Cl)N1CCCSCC1. The van der Waals surface area contributed by atoms with E-state index in [1.807, 2.05) is 18.7 Å². The van der Waals surface area contributed by atoms with Crippen molar-refractivity contribution in [3.63, 3.8) is 0 Å². The largest absolute Gasteiger partial charge is 0.399 e. The Balaban J connectivity index is 1.99. The van der Waals surface area contributed by atoms with Crippen molar-refractivity contribution in [3.05, 3.63) is 23.2 Å². The van der Waals surface area contributed by atoms with Crippen molar-refractivity contribution < 1.29 is 4.79 Å². The maximum Gasteiger partial charge on any atom is 0.241 e. The summed E-state index contributed by atoms with van der Waals surface area (Å²) < 4.78 is 0. The molecular weight excluding hydrogens is 294 g/mol. The van der Waals surface area contributed by atoms with Gasteiger partial charge in [0.05, 0.1) is 16.8 Å². The molecule has 0 saturated carbocycles. The Labute approximate surface area is 129 Å². The van der Waals surface area contributed by atoms with Gasteiger partial charge in [0.15, 0.2) is 0 Å². The minimum Gasteiger partial charge on any atom is -0.399 e. The first-order chi connectivity index (χ1) is 9.58. The molecule has 0 radical (unpaired) electrons. The van der Waals surface area contributed by atoms with Crippen molar-refractivity contribution in [3.8, 4) is 0 Å². The number of nitrogens with zero attached hydrogens (tertiary/aromatic N) is 1. The fourth-order valence-electron chi connectivity index (χ4n) is 2.19. The van der Waals surface area contributed by atoms with E-state index >= 15 is 0 Å². The van der Waals surface area contributed by atoms with Crippen molar-refractivity contribution in [2.45, 2.75) is 19.4 Å². The lowest BCUT2D eigenvalue weighted by molar-refractivity contribution is -0.120. The van der Waals surface area contributed by atoms with Gasteiger partial charge in [0.2, 0.25) is 5.91 Å². The number of hydrogen-bond donors (Lipinski definition) is 2. The molecule has 1 unspecified atom stereocenters. The number of nitrogens with one attached hydrogen (secondary N) is 1. The molecule has 1 saturated heterocycles. The fourth-order valence-corrected chi connectivity index (χ4v) is 3.33. The van der Waals surface area contributed by atoms with Crippen LogP contribution >= 0.6 is 23.4 Å². The number of rotatable bonds is 3. The molecule has 6 heteroatoms. The highest BCUT2D eigenvalue weighted by molar-refractivity contribution is 7.99. The predicted molar refractivity (Wildman–Crippen MR) is 87.5 cm³/mol. The Morgan fingerprint density at radius 3 is 3.00 bits per heavy atom. The molecular formula is C14H20ClN3OS. The van der Waals surface area contributed by atoms with Crippen LogP contribution in [0.1, 0.15) is 13.3 Å². The number of thioether (sulfide) groups is 1. The number of carbonyl (C=O) groups excluding carboxylic acids is 1. The number of benzene rings is 1. The highest BCUT2D eigenvalue weighted by Crippen LogP contribution is 2.24. The van der Waals surface area contributed by atoms with Crippen LogP contribution in [-0.2, 0) is 4.79 Å². The van der Waals surface area contributed by atoms with Crippen LogP contribution in [0.4, 0.5) is 11.4 Å². The smallest absolute Gasteiger partial charge is 0.241 e. The molecule has 1 amide bonds. The third kappa shape index (κ3) is 4.04. The minimum atomic E-state index is -0.151. The molecule has 4 nitrogen and oxygen atoms in total. The van der Waals surface area contributed by atoms with Crippen molar-refractivity contribution in [2.75, 3.05) is 35.6 Å². The van der Waals surface area contributed by atoms with E-state index in [0.29, 0.717) is 16.4 Å². The molecule has 1 aromatic rings. The lowest BCUT2D eigenvalue weighted by Crippen LogP contribution is -2.43. The first-order valence-electron chi connectivity index (χ1n) is 6.75. The van der Waals surface area contributed by atoms with Gasteiger partial charge >= 0.3 is 0 Å². The highest BCUT2D eigenvalue weighted by atomic mass is 35.5. The Morgan fingerprint density at radius 1 is 1.45 bits per heavy atom. The monoisotopic (exact) mass is 313 g/mol. The van der Waals surface area contributed by atoms with Gasteiger partial charge in [0.25, 0.3) is 0 Å². The van der Waals surface area contributed by atoms with Crippen molar-refractivity contribution >= 4 is 40.6 Å². The standard InChI is InChI=1S/C14H20ClN3OS/c1-10(18-5-2-7-20-8-6-18)14(19)17-13-4-3-11(16)9-12(13)15/h3-4,9-10H,2,5-8,16H2,1H3,(H,17,19). The van der Waals surface area contributed by atoms with Crippen LogP contribution in [0.15, 0.2) is 18.2 Å². The van der Waals surface area contributed by atoms with Crippen molar-refractivity contribution in [2.24, 2.45) is 0 Å². The molecule has 3 N–H and O–H groups in total. The number of hydrogen-bond acceptors (Lipinski definition) is 4. The maximum atomic E-state index is 12.3. The van der Waals surface area contributed by atoms with Gasteiger partial charge in [0.1, 0.15) is 0 Å². The van der Waals surface area contributed by atoms with Crippen LogP contribution in [0.2, 0.25) is 5.02 Å². The van der Waals surface area contributed by atoms with Crippen LogP contribution in [0.25, 0.3) is 0 Å². The number of anilines is 2. The van der Waals surface area contributed by atoms with E-state index < -0.39 is 0 Å². The maximum absolute atomic E-state index is 12.3. The normalized spacial score (nSPS) is 18.3. The zero-order valence-corrected chi connectivity index (χ0v) is 13.1. The Hall–Kier alpha value is -0.910. The summed E-state index contributed by atoms with van der Waals surface area (Å²) in [5.41, 5.74) is 6.85. The van der Waals surface area contributed by atoms with Crippen LogP contribution in [0.3, 0.4) is 0 Å². The number of carbonyl (C=O) groups is 1. The van der Waals surface area contributed by atoms with Crippen LogP contribution in [0, 0.1) is 0 Å². The van der Waals surface area contributed by atoms with Gasteiger partial charge in [0, 0.05) is 18.0 Å². The van der Waals surface area contributed by atoms with Gasteiger partial charge in [-0.1, -0.05) is 11.6 Å². The summed E-state index contributed by atoms with van der Waals surface area (Å²) in [6.07, 6.45) is 1.13. The van der Waals surface area contributed by atoms with Gasteiger partial charge in [-0.3, -0.25) is 9.69 Å². The second-order valence-electron chi connectivity index (χ2n) is 4.91. The van der Waals surface area contributed by atoms with Gasteiger partial charge in [-0.25, -0.2) is 0 Å². The average molecular weight is 314 g/mol. The number of halogens is 1. The molecule has 1 atom stereocenters. The molecule has 1 aromatic carbocycles. The third-order valence-corrected chi connectivity index (χ3v) is 4.80. The topological polar surface area (TPSA) is 58.4 Å². The number of nitrogen functional groups attached to an aromatic ring is 1. The Bertz CT molecular complexity index is 475. The Kier molecular flexibility index (Phi) is 5.57. The summed E-state index contributed by atoms with van der Waals surface area (Å²) in [4.78, 5) is 14.5. The molecule has 1 heterocycles. The fraction of sp³-hybridized carbons (Fsp3) is 0.500. The summed E-state index contributed by atoms with van der Waals surface area (Å²) in [6.45, 7) is 3.86. The summed E-state index contributed by atoms with van der Waals surface area (Å²) >= 11 is 8.03. The molecule has 0 aliphatic carbocycles. The first kappa shape index (κ1) is 15.5. The zero-order chi connectivity index (χ0) is 14.5. The molecule has 0 spiro atoms. The third-order valence-electron chi connectivity index (χ3n) is 3.44. The lowest BCUT2D eigenvalue weighted by atomic mass is 10.2. The molecule has 0 bridgehead atoms. The van der Waals surface area contributed by atoms with Crippen LogP contribution < -0.4 is 11.1 Å². The molecule has 0 aromatic heterocycles. The van der Waals surface area contributed by atoms with E-state index in [2.05, 4.69) is 10.2 Å². The summed E-state index contributed by atoms with van der Waals surface area (Å²) in [5, 5.41) is 3.35. The van der Waals surface area contributed by atoms with Crippen molar-refractivity contribution in [1.29, 1.82) is 0 Å². The van der Waals surface area contributed by atoms with Crippen LogP contribution in [0.5, 0.6) is 0 Å². The van der Waals surface area contributed by atoms with E-state index in [1.165, 1.54) is 5.75 Å².